The predicted octanol–water partition coefficient (Wildman–Crippen LogP) is 7.23. The molecule has 2 N–H and O–H groups in total. The highest BCUT2D eigenvalue weighted by molar-refractivity contribution is 7.92. The largest absolute Gasteiger partial charge is 0.360 e. The van der Waals surface area contributed by atoms with Gasteiger partial charge in [0.1, 0.15) is 40.9 Å². The molecule has 20 heteroatoms. The van der Waals surface area contributed by atoms with Crippen molar-refractivity contribution in [3.05, 3.63) is 93.0 Å². The molecular weight excluding hydrogens is 862 g/mol. The molecule has 0 spiro atoms. The molecule has 0 bridgehead atoms. The van der Waals surface area contributed by atoms with Gasteiger partial charge in [0.25, 0.3) is 12.3 Å². The Morgan fingerprint density at radius 1 is 1.06 bits per heavy atom. The number of carbonyl (C=O) groups excluding carboxylic acids is 1. The van der Waals surface area contributed by atoms with Gasteiger partial charge in [-0.05, 0) is 81.3 Å². The van der Waals surface area contributed by atoms with E-state index in [4.69, 9.17) is 21.3 Å². The number of amides is 1. The summed E-state index contributed by atoms with van der Waals surface area (Å²) in [4.78, 5) is 21.2. The minimum Gasteiger partial charge on any atom is -0.360 e. The lowest BCUT2D eigenvalue weighted by atomic mass is 9.93. The second kappa shape index (κ2) is 15.9. The molecule has 1 amide bonds. The molecule has 2 aromatic carbocycles. The molecule has 5 aromatic rings. The van der Waals surface area contributed by atoms with Gasteiger partial charge in [-0.3, -0.25) is 23.8 Å². The number of halogens is 7. The van der Waals surface area contributed by atoms with Gasteiger partial charge in [-0.1, -0.05) is 23.6 Å². The molecule has 1 aliphatic heterocycles. The third kappa shape index (κ3) is 8.37. The number of hydrogen-bond acceptors (Lipinski definition) is 8. The molecule has 8 rings (SSSR count). The zero-order chi connectivity index (χ0) is 44.6. The topological polar surface area (TPSA) is 136 Å². The van der Waals surface area contributed by atoms with E-state index >= 15 is 8.78 Å². The Hall–Kier alpha value is -5.16. The number of aryl methyl sites for hydroxylation is 1. The predicted molar refractivity (Wildman–Crippen MR) is 218 cm³/mol. The molecule has 1 saturated heterocycles. The number of rotatable bonds is 11. The third-order valence-corrected chi connectivity index (χ3v) is 12.3. The van der Waals surface area contributed by atoms with Gasteiger partial charge in [0.2, 0.25) is 15.9 Å². The first-order chi connectivity index (χ1) is 29.1. The van der Waals surface area contributed by atoms with Gasteiger partial charge in [0, 0.05) is 54.9 Å². The summed E-state index contributed by atoms with van der Waals surface area (Å²) in [6.07, 6.45) is -2.51. The number of carbonyl (C=O) groups is 1. The standard InChI is InChI=1S/C42H41ClF6N8O4S/c1-21(2)56-12-13-61-41(3,20-56)11-10-25-6-7-26(27-8-9-30(43)34-37(27)55(4)53-40(34)54-62(5,59)60)35(50-25)31(16-22-14-23(44)17-24(45)15-22)51-32(58)19-57-38-33(36(52-57)39(46)47)28-18-29(28)42(38,48)49/h6-9,14-15,17,21,28-29,31,39H,12-13,16,18-20H2,1-5H3,(H,51,58)(H,53,54)/t28-,29+,31?,41+/m0/s1. The zero-order valence-corrected chi connectivity index (χ0v) is 35.6. The van der Waals surface area contributed by atoms with E-state index in [1.807, 2.05) is 6.92 Å². The Kier molecular flexibility index (Phi) is 11.1. The molecule has 1 saturated carbocycles. The number of morpholine rings is 1. The molecule has 2 fully saturated rings. The van der Waals surface area contributed by atoms with Gasteiger partial charge in [0.05, 0.1) is 40.5 Å². The maximum atomic E-state index is 15.5. The van der Waals surface area contributed by atoms with Crippen LogP contribution in [0, 0.1) is 29.4 Å². The fourth-order valence-electron chi connectivity index (χ4n) is 8.63. The molecule has 3 aliphatic rings. The van der Waals surface area contributed by atoms with Crippen molar-refractivity contribution < 1.29 is 44.3 Å². The highest BCUT2D eigenvalue weighted by atomic mass is 35.5. The van der Waals surface area contributed by atoms with E-state index in [-0.39, 0.29) is 57.6 Å². The summed E-state index contributed by atoms with van der Waals surface area (Å²) >= 11 is 6.65. The Labute approximate surface area is 358 Å². The first-order valence-electron chi connectivity index (χ1n) is 19.7. The number of alkyl halides is 4. The molecule has 4 atom stereocenters. The molecule has 3 aromatic heterocycles. The number of hydrogen-bond donors (Lipinski definition) is 2. The molecule has 1 unspecified atom stereocenters. The quantitative estimate of drug-likeness (QED) is 0.105. The summed E-state index contributed by atoms with van der Waals surface area (Å²) in [7, 11) is -2.28. The van der Waals surface area contributed by atoms with Gasteiger partial charge >= 0.3 is 0 Å². The Morgan fingerprint density at radius 2 is 1.77 bits per heavy atom. The number of nitrogens with one attached hydrogen (secondary N) is 2. The Bertz CT molecular complexity index is 2790. The zero-order valence-electron chi connectivity index (χ0n) is 34.0. The van der Waals surface area contributed by atoms with Crippen molar-refractivity contribution in [1.82, 2.24) is 34.8 Å². The fraction of sp³-hybridized carbons (Fsp3) is 0.429. The monoisotopic (exact) mass is 902 g/mol. The Morgan fingerprint density at radius 3 is 2.45 bits per heavy atom. The van der Waals surface area contributed by atoms with Crippen LogP contribution in [0.2, 0.25) is 5.02 Å². The second-order valence-corrected chi connectivity index (χ2v) is 18.6. The maximum Gasteiger partial charge on any atom is 0.293 e. The first kappa shape index (κ1) is 43.5. The van der Waals surface area contributed by atoms with E-state index < -0.39 is 81.3 Å². The van der Waals surface area contributed by atoms with Crippen LogP contribution in [-0.4, -0.2) is 81.4 Å². The summed E-state index contributed by atoms with van der Waals surface area (Å²) in [5, 5.41) is 11.3. The lowest BCUT2D eigenvalue weighted by Gasteiger charge is -2.39. The number of anilines is 1. The van der Waals surface area contributed by atoms with Crippen molar-refractivity contribution >= 4 is 44.3 Å². The third-order valence-electron chi connectivity index (χ3n) is 11.4. The number of aromatic nitrogens is 5. The average Bonchev–Trinajstić information content (AvgIpc) is 3.72. The van der Waals surface area contributed by atoms with Gasteiger partial charge in [0.15, 0.2) is 5.82 Å². The van der Waals surface area contributed by atoms with Crippen molar-refractivity contribution in [3.63, 3.8) is 0 Å². The van der Waals surface area contributed by atoms with Crippen LogP contribution in [0.4, 0.5) is 32.2 Å². The van der Waals surface area contributed by atoms with Crippen molar-refractivity contribution in [2.75, 3.05) is 30.7 Å². The van der Waals surface area contributed by atoms with Crippen LogP contribution in [-0.2, 0) is 45.5 Å². The number of nitrogens with zero attached hydrogens (tertiary/aromatic N) is 6. The second-order valence-electron chi connectivity index (χ2n) is 16.5. The lowest BCUT2D eigenvalue weighted by Crippen LogP contribution is -2.51. The number of sulfonamides is 1. The minimum atomic E-state index is -3.83. The van der Waals surface area contributed by atoms with Crippen LogP contribution in [0.15, 0.2) is 42.5 Å². The minimum absolute atomic E-state index is 0.0270. The number of ether oxygens (including phenoxy) is 1. The van der Waals surface area contributed by atoms with Crippen LogP contribution < -0.4 is 10.0 Å². The summed E-state index contributed by atoms with van der Waals surface area (Å²) in [5.41, 5.74) is -1.32. The van der Waals surface area contributed by atoms with E-state index in [0.717, 1.165) is 18.4 Å². The maximum absolute atomic E-state index is 15.5. The van der Waals surface area contributed by atoms with Crippen molar-refractivity contribution in [2.45, 2.75) is 76.1 Å². The van der Waals surface area contributed by atoms with E-state index in [1.165, 1.54) is 10.7 Å². The van der Waals surface area contributed by atoms with Crippen LogP contribution in [0.5, 0.6) is 0 Å². The van der Waals surface area contributed by atoms with Crippen molar-refractivity contribution in [1.29, 1.82) is 0 Å². The Balaban J connectivity index is 1.27. The van der Waals surface area contributed by atoms with E-state index in [2.05, 4.69) is 50.8 Å². The number of fused-ring (bicyclic) bond motifs is 4. The summed E-state index contributed by atoms with van der Waals surface area (Å²) in [6.45, 7) is 6.70. The van der Waals surface area contributed by atoms with Crippen molar-refractivity contribution in [2.24, 2.45) is 13.0 Å². The molecular formula is C42H41ClF6N8O4S. The van der Waals surface area contributed by atoms with Gasteiger partial charge in [-0.15, -0.1) is 0 Å². The molecule has 12 nitrogen and oxygen atoms in total. The van der Waals surface area contributed by atoms with Gasteiger partial charge in [-0.25, -0.2) is 31.0 Å². The smallest absolute Gasteiger partial charge is 0.293 e. The van der Waals surface area contributed by atoms with Gasteiger partial charge < -0.3 is 10.1 Å². The number of benzene rings is 2. The summed E-state index contributed by atoms with van der Waals surface area (Å²) < 4.78 is 124. The van der Waals surface area contributed by atoms with Crippen molar-refractivity contribution in [3.8, 4) is 23.0 Å². The molecule has 328 valence electrons. The van der Waals surface area contributed by atoms with Crippen LogP contribution in [0.3, 0.4) is 0 Å². The molecule has 62 heavy (non-hydrogen) atoms. The highest BCUT2D eigenvalue weighted by Gasteiger charge is 2.67. The average molecular weight is 903 g/mol. The lowest BCUT2D eigenvalue weighted by molar-refractivity contribution is -0.123. The van der Waals surface area contributed by atoms with E-state index in [0.29, 0.717) is 47.1 Å². The van der Waals surface area contributed by atoms with E-state index in [1.54, 1.807) is 25.2 Å². The SMILES string of the molecule is CC(C)N1CCO[C@](C)(C#Cc2ccc(-c3ccc(Cl)c4c(NS(C)(=O)=O)nn(C)c34)c(C(Cc3cc(F)cc(F)c3)NC(=O)Cn3nc(C(F)F)c4c3C(F)(F)[C@@H]3C[C@H]43)n2)C1. The fourth-order valence-corrected chi connectivity index (χ4v) is 9.36. The summed E-state index contributed by atoms with van der Waals surface area (Å²) in [5.74, 6) is -2.05. The van der Waals surface area contributed by atoms with E-state index in [9.17, 15) is 30.8 Å². The first-order valence-corrected chi connectivity index (χ1v) is 22.0. The molecule has 4 heterocycles. The number of pyridine rings is 1. The molecule has 0 radical (unpaired) electrons. The van der Waals surface area contributed by atoms with Crippen LogP contribution in [0.25, 0.3) is 22.0 Å². The van der Waals surface area contributed by atoms with Crippen LogP contribution >= 0.6 is 11.6 Å². The highest BCUT2D eigenvalue weighted by Crippen LogP contribution is 2.68. The normalized spacial score (nSPS) is 21.1. The van der Waals surface area contributed by atoms with Crippen LogP contribution in [0.1, 0.15) is 79.5 Å². The summed E-state index contributed by atoms with van der Waals surface area (Å²) in [6, 6.07) is 8.09. The van der Waals surface area contributed by atoms with Gasteiger partial charge in [-0.2, -0.15) is 19.0 Å². The molecule has 2 aliphatic carbocycles.